The summed E-state index contributed by atoms with van der Waals surface area (Å²) >= 11 is 0. The molecule has 1 saturated heterocycles. The maximum absolute atomic E-state index is 12.0. The van der Waals surface area contributed by atoms with E-state index in [4.69, 9.17) is 0 Å². The fourth-order valence-corrected chi connectivity index (χ4v) is 4.07. The lowest BCUT2D eigenvalue weighted by molar-refractivity contribution is -0.884. The van der Waals surface area contributed by atoms with Crippen LogP contribution >= 0.6 is 0 Å². The van der Waals surface area contributed by atoms with E-state index in [0.29, 0.717) is 10.5 Å². The Bertz CT molecular complexity index is 274. The summed E-state index contributed by atoms with van der Waals surface area (Å²) in [6.07, 6.45) is 14.1. The molecule has 0 bridgehead atoms. The molecule has 0 aromatic carbocycles. The summed E-state index contributed by atoms with van der Waals surface area (Å²) in [7, 11) is 0. The predicted octanol–water partition coefficient (Wildman–Crippen LogP) is 4.56. The summed E-state index contributed by atoms with van der Waals surface area (Å²) in [5, 5.41) is 9.89. The quantitative estimate of drug-likeness (QED) is 0.708. The van der Waals surface area contributed by atoms with Gasteiger partial charge in [0.15, 0.2) is 0 Å². The number of hydrogen-bond acceptors (Lipinski definition) is 1. The number of likely N-dealkylation sites (tertiary alicyclic amines) is 1. The van der Waals surface area contributed by atoms with Crippen molar-refractivity contribution in [3.05, 3.63) is 0 Å². The highest BCUT2D eigenvalue weighted by Crippen LogP contribution is 2.30. The van der Waals surface area contributed by atoms with Gasteiger partial charge in [0.2, 0.25) is 0 Å². The van der Waals surface area contributed by atoms with Gasteiger partial charge >= 0.3 is 6.09 Å². The standard InChI is InChI=1S/C16H29NO2/c18-16(19)17(13-9-5-2-6-10-14-17)15-11-7-3-1-4-8-12-15/h15H,1-14H2/p+1. The molecule has 1 aliphatic heterocycles. The van der Waals surface area contributed by atoms with E-state index in [1.165, 1.54) is 51.4 Å². The molecule has 0 radical (unpaired) electrons. The largest absolute Gasteiger partial charge is 0.513 e. The molecule has 0 atom stereocenters. The summed E-state index contributed by atoms with van der Waals surface area (Å²) in [5.74, 6) is 0. The molecule has 110 valence electrons. The first kappa shape index (κ1) is 14.8. The van der Waals surface area contributed by atoms with Gasteiger partial charge in [-0.15, -0.1) is 0 Å². The van der Waals surface area contributed by atoms with Crippen molar-refractivity contribution >= 4 is 6.09 Å². The summed E-state index contributed by atoms with van der Waals surface area (Å²) in [4.78, 5) is 12.0. The molecule has 2 rings (SSSR count). The fraction of sp³-hybridized carbons (Fsp3) is 0.938. The molecule has 0 unspecified atom stereocenters. The van der Waals surface area contributed by atoms with Crippen molar-refractivity contribution in [2.45, 2.75) is 83.1 Å². The highest BCUT2D eigenvalue weighted by Gasteiger charge is 2.43. The molecule has 2 fully saturated rings. The molecule has 19 heavy (non-hydrogen) atoms. The van der Waals surface area contributed by atoms with Crippen molar-refractivity contribution in [2.24, 2.45) is 0 Å². The number of nitrogens with zero attached hydrogens (tertiary/aromatic N) is 1. The third-order valence-electron chi connectivity index (χ3n) is 5.27. The molecule has 0 spiro atoms. The van der Waals surface area contributed by atoms with Crippen LogP contribution in [0.5, 0.6) is 0 Å². The van der Waals surface area contributed by atoms with E-state index in [9.17, 15) is 9.90 Å². The van der Waals surface area contributed by atoms with Gasteiger partial charge in [0, 0.05) is 12.8 Å². The Labute approximate surface area is 117 Å². The van der Waals surface area contributed by atoms with Crippen LogP contribution in [0.3, 0.4) is 0 Å². The lowest BCUT2D eigenvalue weighted by Gasteiger charge is -2.41. The van der Waals surface area contributed by atoms with E-state index in [1.54, 1.807) is 0 Å². The monoisotopic (exact) mass is 268 g/mol. The third-order valence-corrected chi connectivity index (χ3v) is 5.27. The minimum atomic E-state index is -0.549. The van der Waals surface area contributed by atoms with Gasteiger partial charge < -0.3 is 5.11 Å². The van der Waals surface area contributed by atoms with Crippen LogP contribution in [0.1, 0.15) is 77.0 Å². The van der Waals surface area contributed by atoms with Crippen LogP contribution < -0.4 is 0 Å². The van der Waals surface area contributed by atoms with E-state index in [0.717, 1.165) is 38.8 Å². The zero-order valence-electron chi connectivity index (χ0n) is 12.3. The van der Waals surface area contributed by atoms with Gasteiger partial charge in [-0.25, -0.2) is 4.48 Å². The van der Waals surface area contributed by atoms with Gasteiger partial charge in [-0.3, -0.25) is 0 Å². The SMILES string of the molecule is O=C(O)[N+]1(C2CCCCCCC2)CCCCCCC1. The first-order valence-corrected chi connectivity index (χ1v) is 8.36. The van der Waals surface area contributed by atoms with Crippen LogP contribution in [0, 0.1) is 0 Å². The maximum Gasteiger partial charge on any atom is 0.513 e. The Kier molecular flexibility index (Phi) is 5.68. The van der Waals surface area contributed by atoms with Crippen molar-refractivity contribution in [1.29, 1.82) is 0 Å². The molecule has 3 nitrogen and oxygen atoms in total. The van der Waals surface area contributed by atoms with Gasteiger partial charge in [0.25, 0.3) is 0 Å². The molecule has 0 aromatic heterocycles. The topological polar surface area (TPSA) is 37.3 Å². The lowest BCUT2D eigenvalue weighted by Crippen LogP contribution is -2.60. The number of carboxylic acid groups (broad SMARTS) is 1. The first-order chi connectivity index (χ1) is 9.26. The Morgan fingerprint density at radius 2 is 1.16 bits per heavy atom. The number of carbonyl (C=O) groups is 1. The Morgan fingerprint density at radius 1 is 0.737 bits per heavy atom. The normalized spacial score (nSPS) is 26.7. The van der Waals surface area contributed by atoms with E-state index in [1.807, 2.05) is 0 Å². The molecule has 1 N–H and O–H groups in total. The summed E-state index contributed by atoms with van der Waals surface area (Å²) in [6, 6.07) is 0.385. The van der Waals surface area contributed by atoms with Crippen molar-refractivity contribution in [3.63, 3.8) is 0 Å². The van der Waals surface area contributed by atoms with Crippen LogP contribution in [-0.2, 0) is 0 Å². The second-order valence-electron chi connectivity index (χ2n) is 6.53. The molecule has 2 aliphatic rings. The van der Waals surface area contributed by atoms with Gasteiger partial charge in [-0.2, -0.15) is 4.79 Å². The van der Waals surface area contributed by atoms with Gasteiger partial charge in [0.05, 0.1) is 19.1 Å². The number of hydrogen-bond donors (Lipinski definition) is 1. The average Bonchev–Trinajstić information content (AvgIpc) is 2.29. The summed E-state index contributed by atoms with van der Waals surface area (Å²) in [6.45, 7) is 1.75. The molecular formula is C16H30NO2+. The van der Waals surface area contributed by atoms with E-state index in [2.05, 4.69) is 0 Å². The maximum atomic E-state index is 12.0. The molecule has 1 aliphatic carbocycles. The van der Waals surface area contributed by atoms with Crippen molar-refractivity contribution < 1.29 is 14.4 Å². The highest BCUT2D eigenvalue weighted by molar-refractivity contribution is 5.57. The lowest BCUT2D eigenvalue weighted by atomic mass is 9.92. The first-order valence-electron chi connectivity index (χ1n) is 8.36. The Hall–Kier alpha value is -0.570. The number of quaternary nitrogens is 1. The third kappa shape index (κ3) is 3.71. The van der Waals surface area contributed by atoms with Crippen molar-refractivity contribution in [3.8, 4) is 0 Å². The van der Waals surface area contributed by atoms with Gasteiger partial charge in [-0.05, 0) is 38.5 Å². The Morgan fingerprint density at radius 3 is 1.63 bits per heavy atom. The minimum Gasteiger partial charge on any atom is -0.435 e. The average molecular weight is 268 g/mol. The highest BCUT2D eigenvalue weighted by atomic mass is 16.4. The fourth-order valence-electron chi connectivity index (χ4n) is 4.07. The number of rotatable bonds is 1. The van der Waals surface area contributed by atoms with Crippen LogP contribution in [0.25, 0.3) is 0 Å². The van der Waals surface area contributed by atoms with Gasteiger partial charge in [-0.1, -0.05) is 25.7 Å². The zero-order valence-corrected chi connectivity index (χ0v) is 12.3. The summed E-state index contributed by atoms with van der Waals surface area (Å²) in [5.41, 5.74) is 0. The predicted molar refractivity (Wildman–Crippen MR) is 77.2 cm³/mol. The van der Waals surface area contributed by atoms with E-state index >= 15 is 0 Å². The molecule has 1 amide bonds. The van der Waals surface area contributed by atoms with E-state index < -0.39 is 6.09 Å². The minimum absolute atomic E-state index is 0.385. The molecule has 1 heterocycles. The second-order valence-corrected chi connectivity index (χ2v) is 6.53. The van der Waals surface area contributed by atoms with Crippen LogP contribution in [-0.4, -0.2) is 34.8 Å². The summed E-state index contributed by atoms with van der Waals surface area (Å²) < 4.78 is 0.389. The van der Waals surface area contributed by atoms with Crippen LogP contribution in [0.4, 0.5) is 4.79 Å². The van der Waals surface area contributed by atoms with E-state index in [-0.39, 0.29) is 0 Å². The number of amides is 1. The smallest absolute Gasteiger partial charge is 0.435 e. The van der Waals surface area contributed by atoms with Crippen LogP contribution in [0.15, 0.2) is 0 Å². The van der Waals surface area contributed by atoms with Crippen molar-refractivity contribution in [2.75, 3.05) is 13.1 Å². The molecule has 0 aromatic rings. The zero-order chi connectivity index (χ0) is 13.6. The second kappa shape index (κ2) is 7.28. The molecular weight excluding hydrogens is 238 g/mol. The van der Waals surface area contributed by atoms with Crippen LogP contribution in [0.2, 0.25) is 0 Å². The Balaban J connectivity index is 2.12. The van der Waals surface area contributed by atoms with Gasteiger partial charge in [0.1, 0.15) is 0 Å². The molecule has 1 saturated carbocycles. The molecule has 3 heteroatoms. The van der Waals surface area contributed by atoms with Crippen molar-refractivity contribution in [1.82, 2.24) is 0 Å².